The Bertz CT molecular complexity index is 1510. The molecule has 0 radical (unpaired) electrons. The molecule has 0 aliphatic rings. The molecule has 0 fully saturated rings. The van der Waals surface area contributed by atoms with E-state index in [9.17, 15) is 9.90 Å². The first-order valence-corrected chi connectivity index (χ1v) is 16.3. The van der Waals surface area contributed by atoms with Crippen LogP contribution in [0.3, 0.4) is 0 Å². The Morgan fingerprint density at radius 2 is 1.06 bits per heavy atom. The van der Waals surface area contributed by atoms with Crippen molar-refractivity contribution in [2.24, 2.45) is 0 Å². The summed E-state index contributed by atoms with van der Waals surface area (Å²) in [5.74, 6) is 1.40. The Kier molecular flexibility index (Phi) is 13.0. The maximum atomic E-state index is 13.8. The summed E-state index contributed by atoms with van der Waals surface area (Å²) in [7, 11) is 0. The van der Waals surface area contributed by atoms with Gasteiger partial charge >= 0.3 is 0 Å². The second-order valence-electron chi connectivity index (χ2n) is 11.7. The third-order valence-corrected chi connectivity index (χ3v) is 7.99. The Hall–Kier alpha value is -4.91. The first-order valence-electron chi connectivity index (χ1n) is 16.3. The van der Waals surface area contributed by atoms with Crippen molar-refractivity contribution in [1.29, 1.82) is 0 Å². The zero-order valence-electron chi connectivity index (χ0n) is 26.8. The van der Waals surface area contributed by atoms with Gasteiger partial charge in [-0.2, -0.15) is 0 Å². The van der Waals surface area contributed by atoms with E-state index in [4.69, 9.17) is 9.47 Å². The van der Waals surface area contributed by atoms with Crippen LogP contribution in [0.5, 0.6) is 11.5 Å². The first kappa shape index (κ1) is 33.5. The topological polar surface area (TPSA) is 71.0 Å². The fraction of sp³-hybridized carbons (Fsp3) is 0.244. The van der Waals surface area contributed by atoms with Crippen LogP contribution in [0, 0.1) is 0 Å². The molecule has 5 rings (SSSR count). The van der Waals surface area contributed by atoms with E-state index in [1.54, 1.807) is 0 Å². The highest BCUT2D eigenvalue weighted by atomic mass is 16.5. The molecule has 6 nitrogen and oxygen atoms in total. The molecule has 0 bridgehead atoms. The van der Waals surface area contributed by atoms with E-state index in [1.807, 2.05) is 115 Å². The normalized spacial score (nSPS) is 11.6. The van der Waals surface area contributed by atoms with Gasteiger partial charge < -0.3 is 19.9 Å². The minimum absolute atomic E-state index is 0.0375. The molecule has 0 saturated heterocycles. The van der Waals surface area contributed by atoms with E-state index >= 15 is 0 Å². The number of hydrogen-bond acceptors (Lipinski definition) is 5. The van der Waals surface area contributed by atoms with Crippen molar-refractivity contribution in [2.45, 2.75) is 51.6 Å². The zero-order chi connectivity index (χ0) is 32.5. The quantitative estimate of drug-likeness (QED) is 0.106. The predicted octanol–water partition coefficient (Wildman–Crippen LogP) is 7.35. The molecule has 0 spiro atoms. The monoisotopic (exact) mass is 628 g/mol. The van der Waals surface area contributed by atoms with Gasteiger partial charge in [0.05, 0.1) is 6.04 Å². The lowest BCUT2D eigenvalue weighted by molar-refractivity contribution is -0.127. The van der Waals surface area contributed by atoms with Crippen LogP contribution in [0.2, 0.25) is 0 Å². The number of nitrogens with zero attached hydrogens (tertiary/aromatic N) is 1. The molecule has 0 saturated carbocycles. The third kappa shape index (κ3) is 11.1. The number of hydrogen-bond donors (Lipinski definition) is 2. The minimum atomic E-state index is -0.395. The molecular formula is C41H44N2O4. The fourth-order valence-corrected chi connectivity index (χ4v) is 5.55. The van der Waals surface area contributed by atoms with Crippen LogP contribution in [0.25, 0.3) is 0 Å². The van der Waals surface area contributed by atoms with E-state index in [0.717, 1.165) is 39.3 Å². The average molecular weight is 629 g/mol. The Labute approximate surface area is 278 Å². The van der Waals surface area contributed by atoms with E-state index in [-0.39, 0.29) is 12.5 Å². The van der Waals surface area contributed by atoms with Crippen LogP contribution in [-0.4, -0.2) is 35.1 Å². The van der Waals surface area contributed by atoms with Crippen molar-refractivity contribution in [3.63, 3.8) is 0 Å². The Morgan fingerprint density at radius 1 is 0.617 bits per heavy atom. The molecule has 5 aromatic carbocycles. The van der Waals surface area contributed by atoms with Crippen LogP contribution in [0.15, 0.2) is 140 Å². The smallest absolute Gasteiger partial charge is 0.237 e. The molecule has 0 unspecified atom stereocenters. The summed E-state index contributed by atoms with van der Waals surface area (Å²) < 4.78 is 12.4. The van der Waals surface area contributed by atoms with Gasteiger partial charge in [0.2, 0.25) is 5.91 Å². The van der Waals surface area contributed by atoms with Crippen molar-refractivity contribution in [3.8, 4) is 11.5 Å². The number of amides is 1. The molecule has 47 heavy (non-hydrogen) atoms. The van der Waals surface area contributed by atoms with Gasteiger partial charge in [-0.1, -0.05) is 121 Å². The van der Waals surface area contributed by atoms with Crippen molar-refractivity contribution >= 4 is 5.91 Å². The lowest BCUT2D eigenvalue weighted by atomic mass is 10.0. The van der Waals surface area contributed by atoms with E-state index in [1.165, 1.54) is 0 Å². The molecule has 2 N–H and O–H groups in total. The van der Waals surface area contributed by atoms with Gasteiger partial charge in [-0.3, -0.25) is 9.69 Å². The number of aliphatic hydroxyl groups excluding tert-OH is 1. The summed E-state index contributed by atoms with van der Waals surface area (Å²) in [6, 6.07) is 46.1. The molecule has 1 atom stereocenters. The summed E-state index contributed by atoms with van der Waals surface area (Å²) in [6.07, 6.45) is 1.71. The molecule has 0 aliphatic heterocycles. The van der Waals surface area contributed by atoms with Gasteiger partial charge in [-0.15, -0.1) is 0 Å². The molecule has 242 valence electrons. The standard InChI is InChI=1S/C41H44N2O4/c44-25-13-22-40(43(29-33-14-5-1-6-15-33)30-34-16-7-2-8-17-34)41(45)42-24-23-37-26-38(46-31-35-18-9-3-10-19-35)28-39(27-37)47-32-36-20-11-4-12-21-36/h1-12,14-21,26-28,40,44H,13,22-25,29-32H2,(H,42,45)/t40-/m0/s1. The number of carbonyl (C=O) groups excluding carboxylic acids is 1. The molecule has 5 aromatic rings. The molecule has 0 aromatic heterocycles. The summed E-state index contributed by atoms with van der Waals surface area (Å²) in [6.45, 7) is 2.65. The average Bonchev–Trinajstić information content (AvgIpc) is 3.12. The first-order chi connectivity index (χ1) is 23.2. The highest BCUT2D eigenvalue weighted by Crippen LogP contribution is 2.25. The number of aliphatic hydroxyl groups is 1. The second kappa shape index (κ2) is 18.3. The van der Waals surface area contributed by atoms with Gasteiger partial charge in [0.1, 0.15) is 24.7 Å². The summed E-state index contributed by atoms with van der Waals surface area (Å²) in [5, 5.41) is 12.9. The maximum Gasteiger partial charge on any atom is 0.237 e. The van der Waals surface area contributed by atoms with Crippen LogP contribution in [-0.2, 0) is 37.5 Å². The number of rotatable bonds is 18. The Morgan fingerprint density at radius 3 is 1.51 bits per heavy atom. The minimum Gasteiger partial charge on any atom is -0.489 e. The SMILES string of the molecule is O=C(NCCc1cc(OCc2ccccc2)cc(OCc2ccccc2)c1)[C@H](CCCO)N(Cc1ccccc1)Cc1ccccc1. The fourth-order valence-electron chi connectivity index (χ4n) is 5.55. The van der Waals surface area contributed by atoms with Crippen molar-refractivity contribution in [2.75, 3.05) is 13.2 Å². The number of nitrogens with one attached hydrogen (secondary N) is 1. The Balaban J connectivity index is 1.28. The van der Waals surface area contributed by atoms with Crippen molar-refractivity contribution < 1.29 is 19.4 Å². The van der Waals surface area contributed by atoms with E-state index < -0.39 is 6.04 Å². The number of ether oxygens (including phenoxy) is 2. The maximum absolute atomic E-state index is 13.8. The summed E-state index contributed by atoms with van der Waals surface area (Å²) >= 11 is 0. The second-order valence-corrected chi connectivity index (χ2v) is 11.7. The largest absolute Gasteiger partial charge is 0.489 e. The van der Waals surface area contributed by atoms with Crippen LogP contribution in [0.1, 0.15) is 40.7 Å². The third-order valence-electron chi connectivity index (χ3n) is 7.99. The molecule has 0 heterocycles. The number of carbonyl (C=O) groups is 1. The molecule has 0 aliphatic carbocycles. The van der Waals surface area contributed by atoms with E-state index in [0.29, 0.717) is 52.1 Å². The highest BCUT2D eigenvalue weighted by Gasteiger charge is 2.26. The van der Waals surface area contributed by atoms with Crippen LogP contribution >= 0.6 is 0 Å². The van der Waals surface area contributed by atoms with Crippen molar-refractivity contribution in [1.82, 2.24) is 10.2 Å². The zero-order valence-corrected chi connectivity index (χ0v) is 26.8. The van der Waals surface area contributed by atoms with E-state index in [2.05, 4.69) is 34.5 Å². The van der Waals surface area contributed by atoms with Gasteiger partial charge in [0.15, 0.2) is 0 Å². The molecule has 1 amide bonds. The van der Waals surface area contributed by atoms with Gasteiger partial charge in [0.25, 0.3) is 0 Å². The lowest BCUT2D eigenvalue weighted by Crippen LogP contribution is -2.47. The predicted molar refractivity (Wildman–Crippen MR) is 187 cm³/mol. The van der Waals surface area contributed by atoms with Crippen LogP contribution < -0.4 is 14.8 Å². The number of benzene rings is 5. The summed E-state index contributed by atoms with van der Waals surface area (Å²) in [5.41, 5.74) is 5.46. The van der Waals surface area contributed by atoms with Gasteiger partial charge in [-0.05, 0) is 59.2 Å². The summed E-state index contributed by atoms with van der Waals surface area (Å²) in [4.78, 5) is 16.0. The van der Waals surface area contributed by atoms with Gasteiger partial charge in [0, 0.05) is 32.3 Å². The highest BCUT2D eigenvalue weighted by molar-refractivity contribution is 5.81. The molecule has 6 heteroatoms. The van der Waals surface area contributed by atoms with Crippen molar-refractivity contribution in [3.05, 3.63) is 167 Å². The lowest BCUT2D eigenvalue weighted by Gasteiger charge is -2.31. The van der Waals surface area contributed by atoms with Crippen LogP contribution in [0.4, 0.5) is 0 Å². The molecular weight excluding hydrogens is 584 g/mol. The van der Waals surface area contributed by atoms with Gasteiger partial charge in [-0.25, -0.2) is 0 Å².